The van der Waals surface area contributed by atoms with Crippen LogP contribution in [0, 0.1) is 11.7 Å². The van der Waals surface area contributed by atoms with Gasteiger partial charge in [-0.2, -0.15) is 5.10 Å². The van der Waals surface area contributed by atoms with E-state index in [0.717, 1.165) is 18.5 Å². The summed E-state index contributed by atoms with van der Waals surface area (Å²) in [5.41, 5.74) is 1.09. The predicted octanol–water partition coefficient (Wildman–Crippen LogP) is 3.86. The second-order valence-corrected chi connectivity index (χ2v) is 7.55. The molecule has 0 bridgehead atoms. The third-order valence-corrected chi connectivity index (χ3v) is 4.80. The largest absolute Gasteiger partial charge is 0.491 e. The molecule has 7 heteroatoms. The number of nitrogens with one attached hydrogen (secondary N) is 1. The van der Waals surface area contributed by atoms with E-state index >= 15 is 0 Å². The molecule has 1 saturated carbocycles. The van der Waals surface area contributed by atoms with Crippen molar-refractivity contribution in [2.24, 2.45) is 5.92 Å². The summed E-state index contributed by atoms with van der Waals surface area (Å²) >= 11 is 0. The van der Waals surface area contributed by atoms with Gasteiger partial charge in [0.15, 0.2) is 11.6 Å². The van der Waals surface area contributed by atoms with Gasteiger partial charge in [0.25, 0.3) is 0 Å². The van der Waals surface area contributed by atoms with Gasteiger partial charge in [-0.3, -0.25) is 4.79 Å². The first-order chi connectivity index (χ1) is 14.0. The average molecular weight is 397 g/mol. The minimum absolute atomic E-state index is 0.0807. The Bertz CT molecular complexity index is 1010. The van der Waals surface area contributed by atoms with Crippen LogP contribution in [0.25, 0.3) is 16.6 Å². The van der Waals surface area contributed by atoms with Crippen molar-refractivity contribution in [3.8, 4) is 17.2 Å². The van der Waals surface area contributed by atoms with Gasteiger partial charge in [0.1, 0.15) is 17.9 Å². The summed E-state index contributed by atoms with van der Waals surface area (Å²) in [7, 11) is 0. The molecule has 4 rings (SSSR count). The molecule has 0 radical (unpaired) electrons. The van der Waals surface area contributed by atoms with Gasteiger partial charge in [0, 0.05) is 18.5 Å². The number of carbonyl (C=O) groups excluding carboxylic acids is 1. The first kappa shape index (κ1) is 19.2. The third kappa shape index (κ3) is 4.67. The second kappa shape index (κ2) is 8.11. The molecule has 1 atom stereocenters. The molecular formula is C22H24FN3O3. The minimum atomic E-state index is -0.422. The number of nitrogens with zero attached hydrogens (tertiary/aromatic N) is 2. The van der Waals surface area contributed by atoms with Crippen molar-refractivity contribution in [3.63, 3.8) is 0 Å². The Morgan fingerprint density at radius 2 is 2.00 bits per heavy atom. The fourth-order valence-corrected chi connectivity index (χ4v) is 3.08. The number of aromatic nitrogens is 2. The number of carbonyl (C=O) groups is 1. The summed E-state index contributed by atoms with van der Waals surface area (Å²) in [4.78, 5) is 11.0. The molecule has 6 nitrogen and oxygen atoms in total. The number of benzene rings is 2. The van der Waals surface area contributed by atoms with Crippen molar-refractivity contribution in [2.75, 3.05) is 13.2 Å². The highest BCUT2D eigenvalue weighted by atomic mass is 19.1. The summed E-state index contributed by atoms with van der Waals surface area (Å²) in [6, 6.07) is 10.8. The standard InChI is InChI=1S/C22H24FN3O3/c1-14(24-15(2)27)12-28-19-8-6-18(7-9-19)26-11-17-5-10-20(21(23)22(17)25-26)29-13-16-3-4-16/h5-11,14,16H,3-4,12-13H2,1-2H3,(H,24,27)/t14-/m0/s1. The van der Waals surface area contributed by atoms with Gasteiger partial charge in [-0.15, -0.1) is 0 Å². The Labute approximate surface area is 168 Å². The minimum Gasteiger partial charge on any atom is -0.491 e. The maximum atomic E-state index is 14.7. The number of rotatable bonds is 8. The van der Waals surface area contributed by atoms with Crippen molar-refractivity contribution in [2.45, 2.75) is 32.7 Å². The molecule has 1 aromatic heterocycles. The smallest absolute Gasteiger partial charge is 0.217 e. The predicted molar refractivity (Wildman–Crippen MR) is 108 cm³/mol. The summed E-state index contributed by atoms with van der Waals surface area (Å²) < 4.78 is 27.7. The molecule has 1 amide bonds. The van der Waals surface area contributed by atoms with Gasteiger partial charge in [-0.25, -0.2) is 9.07 Å². The van der Waals surface area contributed by atoms with Crippen molar-refractivity contribution >= 4 is 16.8 Å². The lowest BCUT2D eigenvalue weighted by Crippen LogP contribution is -2.35. The molecule has 1 aliphatic carbocycles. The van der Waals surface area contributed by atoms with Crippen molar-refractivity contribution < 1.29 is 18.7 Å². The molecule has 152 valence electrons. The number of fused-ring (bicyclic) bond motifs is 1. The number of amides is 1. The van der Waals surface area contributed by atoms with Gasteiger partial charge >= 0.3 is 0 Å². The topological polar surface area (TPSA) is 65.4 Å². The van der Waals surface area contributed by atoms with Crippen LogP contribution in [0.15, 0.2) is 42.6 Å². The van der Waals surface area contributed by atoms with Gasteiger partial charge in [-0.05, 0) is 62.1 Å². The number of halogens is 1. The number of hydrogen-bond acceptors (Lipinski definition) is 4. The van der Waals surface area contributed by atoms with E-state index in [1.165, 1.54) is 6.92 Å². The highest BCUT2D eigenvalue weighted by molar-refractivity contribution is 5.81. The monoisotopic (exact) mass is 397 g/mol. The molecule has 0 spiro atoms. The highest BCUT2D eigenvalue weighted by Gasteiger charge is 2.23. The van der Waals surface area contributed by atoms with Crippen molar-refractivity contribution in [1.82, 2.24) is 15.1 Å². The van der Waals surface area contributed by atoms with Crippen LogP contribution in [0.2, 0.25) is 0 Å². The average Bonchev–Trinajstić information content (AvgIpc) is 3.42. The highest BCUT2D eigenvalue weighted by Crippen LogP contribution is 2.32. The van der Waals surface area contributed by atoms with Gasteiger partial charge in [-0.1, -0.05) is 0 Å². The lowest BCUT2D eigenvalue weighted by Gasteiger charge is -2.14. The normalized spacial score (nSPS) is 14.6. The second-order valence-electron chi connectivity index (χ2n) is 7.55. The molecular weight excluding hydrogens is 373 g/mol. The van der Waals surface area contributed by atoms with Crippen LogP contribution in [-0.2, 0) is 4.79 Å². The van der Waals surface area contributed by atoms with Crippen LogP contribution >= 0.6 is 0 Å². The van der Waals surface area contributed by atoms with Gasteiger partial charge < -0.3 is 14.8 Å². The van der Waals surface area contributed by atoms with Gasteiger partial charge in [0.2, 0.25) is 5.91 Å². The first-order valence-corrected chi connectivity index (χ1v) is 9.80. The quantitative estimate of drug-likeness (QED) is 0.627. The maximum Gasteiger partial charge on any atom is 0.217 e. The number of hydrogen-bond donors (Lipinski definition) is 1. The Morgan fingerprint density at radius 1 is 1.24 bits per heavy atom. The SMILES string of the molecule is CC(=O)N[C@@H](C)COc1ccc(-n2cc3ccc(OCC4CC4)c(F)c3n2)cc1. The van der Waals surface area contributed by atoms with Crippen LogP contribution < -0.4 is 14.8 Å². The summed E-state index contributed by atoms with van der Waals surface area (Å²) in [6.45, 7) is 4.29. The Hall–Kier alpha value is -3.09. The fourth-order valence-electron chi connectivity index (χ4n) is 3.08. The summed E-state index contributed by atoms with van der Waals surface area (Å²) in [6.07, 6.45) is 4.10. The lowest BCUT2D eigenvalue weighted by molar-refractivity contribution is -0.119. The van der Waals surface area contributed by atoms with E-state index in [9.17, 15) is 9.18 Å². The lowest BCUT2D eigenvalue weighted by atomic mass is 10.2. The van der Waals surface area contributed by atoms with E-state index in [1.54, 1.807) is 16.9 Å². The van der Waals surface area contributed by atoms with E-state index in [4.69, 9.17) is 9.47 Å². The van der Waals surface area contributed by atoms with Crippen LogP contribution in [0.3, 0.4) is 0 Å². The molecule has 0 saturated heterocycles. The van der Waals surface area contributed by atoms with E-state index in [0.29, 0.717) is 35.8 Å². The van der Waals surface area contributed by atoms with Gasteiger partial charge in [0.05, 0.1) is 18.3 Å². The molecule has 1 aliphatic rings. The molecule has 1 heterocycles. The Morgan fingerprint density at radius 3 is 2.69 bits per heavy atom. The van der Waals surface area contributed by atoms with E-state index in [1.807, 2.05) is 37.3 Å². The van der Waals surface area contributed by atoms with Crippen LogP contribution in [0.5, 0.6) is 11.5 Å². The zero-order valence-corrected chi connectivity index (χ0v) is 16.5. The Kier molecular flexibility index (Phi) is 5.38. The summed E-state index contributed by atoms with van der Waals surface area (Å²) in [5.74, 6) is 0.991. The van der Waals surface area contributed by atoms with Crippen molar-refractivity contribution in [1.29, 1.82) is 0 Å². The molecule has 1 fully saturated rings. The Balaban J connectivity index is 1.46. The molecule has 29 heavy (non-hydrogen) atoms. The first-order valence-electron chi connectivity index (χ1n) is 9.80. The molecule has 0 aliphatic heterocycles. The third-order valence-electron chi connectivity index (χ3n) is 4.80. The fraction of sp³-hybridized carbons (Fsp3) is 0.364. The zero-order valence-electron chi connectivity index (χ0n) is 16.5. The summed E-state index contributed by atoms with van der Waals surface area (Å²) in [5, 5.41) is 7.88. The number of ether oxygens (including phenoxy) is 2. The van der Waals surface area contributed by atoms with E-state index < -0.39 is 5.82 Å². The van der Waals surface area contributed by atoms with Crippen molar-refractivity contribution in [3.05, 3.63) is 48.4 Å². The maximum absolute atomic E-state index is 14.7. The van der Waals surface area contributed by atoms with Crippen LogP contribution in [-0.4, -0.2) is 34.9 Å². The molecule has 2 aromatic carbocycles. The van der Waals surface area contributed by atoms with Crippen LogP contribution in [0.1, 0.15) is 26.7 Å². The van der Waals surface area contributed by atoms with E-state index in [-0.39, 0.29) is 17.7 Å². The molecule has 3 aromatic rings. The zero-order chi connectivity index (χ0) is 20.4. The van der Waals surface area contributed by atoms with Crippen LogP contribution in [0.4, 0.5) is 4.39 Å². The molecule has 1 N–H and O–H groups in total. The van der Waals surface area contributed by atoms with E-state index in [2.05, 4.69) is 10.4 Å². The molecule has 0 unspecified atom stereocenters.